The minimum absolute atomic E-state index is 0.124. The van der Waals surface area contributed by atoms with Gasteiger partial charge in [-0.05, 0) is 43.6 Å². The lowest BCUT2D eigenvalue weighted by Gasteiger charge is -2.28. The molecule has 0 aromatic heterocycles. The fourth-order valence-electron chi connectivity index (χ4n) is 1.93. The van der Waals surface area contributed by atoms with E-state index in [-0.39, 0.29) is 5.91 Å². The van der Waals surface area contributed by atoms with E-state index in [0.29, 0.717) is 10.7 Å². The summed E-state index contributed by atoms with van der Waals surface area (Å²) in [5.74, 6) is -0.124. The predicted molar refractivity (Wildman–Crippen MR) is 71.9 cm³/mol. The van der Waals surface area contributed by atoms with Gasteiger partial charge in [-0.2, -0.15) is 0 Å². The van der Waals surface area contributed by atoms with E-state index in [0.717, 1.165) is 25.9 Å². The Hall–Kier alpha value is -1.42. The van der Waals surface area contributed by atoms with Gasteiger partial charge in [-0.1, -0.05) is 18.2 Å². The van der Waals surface area contributed by atoms with Crippen LogP contribution in [-0.4, -0.2) is 29.0 Å². The highest BCUT2D eigenvalue weighted by Crippen LogP contribution is 2.09. The summed E-state index contributed by atoms with van der Waals surface area (Å²) in [6, 6.07) is 9.15. The number of carbonyl (C=O) groups is 1. The molecule has 1 heterocycles. The van der Waals surface area contributed by atoms with Crippen LogP contribution in [-0.2, 0) is 0 Å². The zero-order valence-electron chi connectivity index (χ0n) is 9.69. The molecule has 0 unspecified atom stereocenters. The van der Waals surface area contributed by atoms with Crippen molar-refractivity contribution in [1.29, 1.82) is 0 Å². The molecule has 0 radical (unpaired) electrons. The van der Waals surface area contributed by atoms with Gasteiger partial charge in [-0.15, -0.1) is 0 Å². The molecule has 17 heavy (non-hydrogen) atoms. The largest absolute Gasteiger partial charge is 0.349 e. The molecule has 0 saturated carbocycles. The summed E-state index contributed by atoms with van der Waals surface area (Å²) in [5.41, 5.74) is 0.645. The van der Waals surface area contributed by atoms with Crippen LogP contribution in [0.2, 0.25) is 0 Å². The number of hydrogen-bond donors (Lipinski definition) is 1. The van der Waals surface area contributed by atoms with Crippen LogP contribution in [0.5, 0.6) is 0 Å². The molecule has 1 aliphatic rings. The van der Waals surface area contributed by atoms with Crippen molar-refractivity contribution in [3.63, 3.8) is 0 Å². The molecule has 1 amide bonds. The summed E-state index contributed by atoms with van der Waals surface area (Å²) in [7, 11) is 0. The predicted octanol–water partition coefficient (Wildman–Crippen LogP) is 2.19. The summed E-state index contributed by atoms with van der Waals surface area (Å²) >= 11 is 5.24. The number of rotatable bonds is 1. The minimum atomic E-state index is -0.124. The lowest BCUT2D eigenvalue weighted by atomic mass is 10.1. The van der Waals surface area contributed by atoms with Gasteiger partial charge in [0.2, 0.25) is 0 Å². The first-order valence-electron chi connectivity index (χ1n) is 5.92. The van der Waals surface area contributed by atoms with Gasteiger partial charge in [0.05, 0.1) is 0 Å². The molecule has 1 aromatic rings. The van der Waals surface area contributed by atoms with Crippen molar-refractivity contribution in [3.8, 4) is 0 Å². The Morgan fingerprint density at radius 1 is 1.12 bits per heavy atom. The summed E-state index contributed by atoms with van der Waals surface area (Å²) in [4.78, 5) is 13.9. The topological polar surface area (TPSA) is 32.3 Å². The second kappa shape index (κ2) is 5.77. The maximum Gasteiger partial charge on any atom is 0.257 e. The van der Waals surface area contributed by atoms with Crippen molar-refractivity contribution in [2.24, 2.45) is 0 Å². The van der Waals surface area contributed by atoms with Crippen molar-refractivity contribution in [2.75, 3.05) is 13.1 Å². The average Bonchev–Trinajstić information content (AvgIpc) is 2.40. The zero-order valence-corrected chi connectivity index (χ0v) is 10.5. The Kier molecular flexibility index (Phi) is 4.09. The van der Waals surface area contributed by atoms with Gasteiger partial charge in [0.15, 0.2) is 5.11 Å². The average molecular weight is 248 g/mol. The normalized spacial score (nSPS) is 15.4. The molecule has 0 atom stereocenters. The number of thiocarbonyl (C=S) groups is 1. The molecule has 90 valence electrons. The Labute approximate surface area is 107 Å². The van der Waals surface area contributed by atoms with Crippen LogP contribution < -0.4 is 5.32 Å². The molecular formula is C13H16N2OS. The number of piperidine rings is 1. The summed E-state index contributed by atoms with van der Waals surface area (Å²) in [6.45, 7) is 1.90. The zero-order chi connectivity index (χ0) is 12.1. The third-order valence-corrected chi connectivity index (χ3v) is 3.26. The van der Waals surface area contributed by atoms with Gasteiger partial charge in [-0.25, -0.2) is 0 Å². The number of carbonyl (C=O) groups excluding carboxylic acids is 1. The van der Waals surface area contributed by atoms with E-state index >= 15 is 0 Å². The van der Waals surface area contributed by atoms with E-state index in [2.05, 4.69) is 10.2 Å². The van der Waals surface area contributed by atoms with Gasteiger partial charge in [0.25, 0.3) is 5.91 Å². The van der Waals surface area contributed by atoms with Crippen LogP contribution in [0.3, 0.4) is 0 Å². The number of hydrogen-bond acceptors (Lipinski definition) is 2. The Morgan fingerprint density at radius 3 is 2.41 bits per heavy atom. The summed E-state index contributed by atoms with van der Waals surface area (Å²) < 4.78 is 0. The van der Waals surface area contributed by atoms with Crippen LogP contribution in [0, 0.1) is 0 Å². The van der Waals surface area contributed by atoms with Crippen molar-refractivity contribution < 1.29 is 4.79 Å². The van der Waals surface area contributed by atoms with Crippen LogP contribution in [0.1, 0.15) is 29.6 Å². The van der Waals surface area contributed by atoms with E-state index in [1.54, 1.807) is 12.1 Å². The smallest absolute Gasteiger partial charge is 0.257 e. The lowest BCUT2D eigenvalue weighted by molar-refractivity contribution is 0.0972. The molecule has 0 bridgehead atoms. The van der Waals surface area contributed by atoms with Gasteiger partial charge < -0.3 is 4.90 Å². The molecule has 3 nitrogen and oxygen atoms in total. The van der Waals surface area contributed by atoms with E-state index in [1.165, 1.54) is 6.42 Å². The van der Waals surface area contributed by atoms with Crippen LogP contribution >= 0.6 is 12.2 Å². The molecule has 1 aliphatic heterocycles. The minimum Gasteiger partial charge on any atom is -0.349 e. The van der Waals surface area contributed by atoms with Crippen molar-refractivity contribution in [3.05, 3.63) is 35.9 Å². The number of benzene rings is 1. The molecule has 2 rings (SSSR count). The standard InChI is InChI=1S/C13H16N2OS/c16-12(11-7-3-1-4-8-11)14-13(17)15-9-5-2-6-10-15/h1,3-4,7-8H,2,5-6,9-10H2,(H,14,16,17). The SMILES string of the molecule is O=C(NC(=S)N1CCCCC1)c1ccccc1. The van der Waals surface area contributed by atoms with Crippen molar-refractivity contribution >= 4 is 23.2 Å². The monoisotopic (exact) mass is 248 g/mol. The van der Waals surface area contributed by atoms with E-state index in [1.807, 2.05) is 18.2 Å². The first-order valence-corrected chi connectivity index (χ1v) is 6.33. The third-order valence-electron chi connectivity index (χ3n) is 2.90. The van der Waals surface area contributed by atoms with Crippen molar-refractivity contribution in [2.45, 2.75) is 19.3 Å². The van der Waals surface area contributed by atoms with Gasteiger partial charge in [0.1, 0.15) is 0 Å². The molecule has 1 N–H and O–H groups in total. The first-order chi connectivity index (χ1) is 8.27. The first kappa shape index (κ1) is 12.0. The molecule has 1 saturated heterocycles. The molecule has 0 spiro atoms. The Morgan fingerprint density at radius 2 is 1.76 bits per heavy atom. The van der Waals surface area contributed by atoms with Crippen LogP contribution in [0.25, 0.3) is 0 Å². The van der Waals surface area contributed by atoms with Gasteiger partial charge in [-0.3, -0.25) is 10.1 Å². The maximum atomic E-state index is 11.9. The highest BCUT2D eigenvalue weighted by molar-refractivity contribution is 7.80. The Balaban J connectivity index is 1.92. The quantitative estimate of drug-likeness (QED) is 0.773. The number of nitrogens with zero attached hydrogens (tertiary/aromatic N) is 1. The van der Waals surface area contributed by atoms with Gasteiger partial charge in [0, 0.05) is 18.7 Å². The molecule has 4 heteroatoms. The van der Waals surface area contributed by atoms with Crippen LogP contribution in [0.4, 0.5) is 0 Å². The molecule has 1 fully saturated rings. The molecular weight excluding hydrogens is 232 g/mol. The summed E-state index contributed by atoms with van der Waals surface area (Å²) in [6.07, 6.45) is 3.56. The maximum absolute atomic E-state index is 11.9. The fourth-order valence-corrected chi connectivity index (χ4v) is 2.21. The second-order valence-electron chi connectivity index (χ2n) is 4.17. The molecule has 0 aliphatic carbocycles. The third kappa shape index (κ3) is 3.27. The fraction of sp³-hybridized carbons (Fsp3) is 0.385. The highest BCUT2D eigenvalue weighted by atomic mass is 32.1. The van der Waals surface area contributed by atoms with E-state index in [4.69, 9.17) is 12.2 Å². The second-order valence-corrected chi connectivity index (χ2v) is 4.56. The van der Waals surface area contributed by atoms with Crippen LogP contribution in [0.15, 0.2) is 30.3 Å². The highest BCUT2D eigenvalue weighted by Gasteiger charge is 2.15. The number of amides is 1. The van der Waals surface area contributed by atoms with Gasteiger partial charge >= 0.3 is 0 Å². The number of nitrogens with one attached hydrogen (secondary N) is 1. The summed E-state index contributed by atoms with van der Waals surface area (Å²) in [5, 5.41) is 3.34. The number of likely N-dealkylation sites (tertiary alicyclic amines) is 1. The van der Waals surface area contributed by atoms with E-state index < -0.39 is 0 Å². The Bertz CT molecular complexity index is 399. The van der Waals surface area contributed by atoms with E-state index in [9.17, 15) is 4.79 Å². The van der Waals surface area contributed by atoms with Crippen molar-refractivity contribution in [1.82, 2.24) is 10.2 Å². The molecule has 1 aromatic carbocycles. The lowest BCUT2D eigenvalue weighted by Crippen LogP contribution is -2.44.